The van der Waals surface area contributed by atoms with Crippen molar-refractivity contribution < 1.29 is 19.7 Å². The number of aliphatic imine (C=N–C) groups is 1. The Morgan fingerprint density at radius 3 is 2.22 bits per heavy atom. The summed E-state index contributed by atoms with van der Waals surface area (Å²) in [7, 11) is 0. The number of nitrogens with zero attached hydrogens (tertiary/aromatic N) is 1. The molecule has 0 aromatic heterocycles. The smallest absolute Gasteiger partial charge is 0.305 e. The number of carboxylic acid groups (broad SMARTS) is 1. The number of benzene rings is 2. The molecule has 5 heteroatoms. The lowest BCUT2D eigenvalue weighted by Gasteiger charge is -2.24. The lowest BCUT2D eigenvalue weighted by atomic mass is 9.97. The van der Waals surface area contributed by atoms with Gasteiger partial charge in [0.2, 0.25) is 0 Å². The van der Waals surface area contributed by atoms with Gasteiger partial charge in [0.15, 0.2) is 0 Å². The number of rotatable bonds is 7. The first kappa shape index (κ1) is 19.0. The molecule has 27 heavy (non-hydrogen) atoms. The highest BCUT2D eigenvalue weighted by Gasteiger charge is 2.27. The fraction of sp³-hybridized carbons (Fsp3) is 0.364. The van der Waals surface area contributed by atoms with Crippen LogP contribution in [0.5, 0.6) is 0 Å². The summed E-state index contributed by atoms with van der Waals surface area (Å²) in [6.07, 6.45) is -0.111. The van der Waals surface area contributed by atoms with Gasteiger partial charge in [-0.1, -0.05) is 68.8 Å². The summed E-state index contributed by atoms with van der Waals surface area (Å²) >= 11 is 0. The van der Waals surface area contributed by atoms with Crippen molar-refractivity contribution >= 4 is 12.1 Å². The molecule has 3 rings (SSSR count). The van der Waals surface area contributed by atoms with Crippen LogP contribution < -0.4 is 5.11 Å². The fourth-order valence-corrected chi connectivity index (χ4v) is 3.59. The molecule has 0 aliphatic heterocycles. The molecule has 0 bridgehead atoms. The maximum atomic E-state index is 12.3. The Balaban J connectivity index is 1.77. The Labute approximate surface area is 159 Å². The molecular weight excluding hydrogens is 342 g/mol. The molecule has 2 aromatic carbocycles. The van der Waals surface area contributed by atoms with Crippen molar-refractivity contribution in [1.82, 2.24) is 0 Å². The number of hydrogen-bond acceptors (Lipinski definition) is 4. The number of fused-ring (bicyclic) bond motifs is 3. The molecule has 5 nitrogen and oxygen atoms in total. The molecule has 142 valence electrons. The number of aliphatic carboxylic acids is 1. The number of ether oxygens (including phenoxy) is 1. The molecular formula is C22H24NO4-. The summed E-state index contributed by atoms with van der Waals surface area (Å²) in [6.45, 7) is 4.04. The zero-order valence-electron chi connectivity index (χ0n) is 15.6. The molecule has 0 spiro atoms. The van der Waals surface area contributed by atoms with Crippen molar-refractivity contribution in [3.8, 4) is 11.1 Å². The SMILES string of the molecule is CCC(C)[C@@H](CC(=O)O)N=C([O-])OCC1c2ccccc2-c2ccccc21. The van der Waals surface area contributed by atoms with Gasteiger partial charge in [0.05, 0.1) is 12.5 Å². The zero-order chi connectivity index (χ0) is 19.4. The zero-order valence-corrected chi connectivity index (χ0v) is 15.6. The van der Waals surface area contributed by atoms with Crippen LogP contribution in [0.3, 0.4) is 0 Å². The fourth-order valence-electron chi connectivity index (χ4n) is 3.59. The van der Waals surface area contributed by atoms with Crippen LogP contribution in [0.1, 0.15) is 43.7 Å². The van der Waals surface area contributed by atoms with Crippen molar-refractivity contribution in [2.75, 3.05) is 6.61 Å². The van der Waals surface area contributed by atoms with Gasteiger partial charge >= 0.3 is 5.97 Å². The summed E-state index contributed by atoms with van der Waals surface area (Å²) in [5.41, 5.74) is 4.59. The Morgan fingerprint density at radius 1 is 1.15 bits per heavy atom. The maximum Gasteiger partial charge on any atom is 0.305 e. The monoisotopic (exact) mass is 366 g/mol. The molecule has 1 N–H and O–H groups in total. The van der Waals surface area contributed by atoms with Crippen molar-refractivity contribution in [2.24, 2.45) is 10.9 Å². The van der Waals surface area contributed by atoms with Crippen LogP contribution in [-0.4, -0.2) is 29.8 Å². The molecule has 0 saturated heterocycles. The third kappa shape index (κ3) is 4.13. The van der Waals surface area contributed by atoms with Gasteiger partial charge in [-0.25, -0.2) is 0 Å². The Kier molecular flexibility index (Phi) is 5.79. The topological polar surface area (TPSA) is 82.0 Å². The Bertz CT molecular complexity index is 800. The summed E-state index contributed by atoms with van der Waals surface area (Å²) in [5, 5.41) is 21.3. The van der Waals surface area contributed by atoms with Gasteiger partial charge < -0.3 is 14.9 Å². The molecule has 2 aromatic rings. The van der Waals surface area contributed by atoms with Gasteiger partial charge in [-0.15, -0.1) is 0 Å². The Morgan fingerprint density at radius 2 is 1.70 bits per heavy atom. The van der Waals surface area contributed by atoms with E-state index < -0.39 is 18.1 Å². The minimum Gasteiger partial charge on any atom is -0.599 e. The van der Waals surface area contributed by atoms with E-state index in [9.17, 15) is 9.90 Å². The summed E-state index contributed by atoms with van der Waals surface area (Å²) in [5.74, 6) is -0.991. The number of carbonyl (C=O) groups is 1. The highest BCUT2D eigenvalue weighted by molar-refractivity contribution is 5.79. The van der Waals surface area contributed by atoms with Crippen molar-refractivity contribution in [3.05, 3.63) is 59.7 Å². The third-order valence-corrected chi connectivity index (χ3v) is 5.29. The molecule has 1 unspecified atom stereocenters. The van der Waals surface area contributed by atoms with Gasteiger partial charge in [0.1, 0.15) is 6.08 Å². The van der Waals surface area contributed by atoms with Gasteiger partial charge in [0, 0.05) is 12.5 Å². The summed E-state index contributed by atoms with van der Waals surface area (Å²) in [6, 6.07) is 15.7. The van der Waals surface area contributed by atoms with Crippen molar-refractivity contribution in [3.63, 3.8) is 0 Å². The van der Waals surface area contributed by atoms with E-state index >= 15 is 0 Å². The molecule has 0 heterocycles. The Hall–Kier alpha value is -2.82. The highest BCUT2D eigenvalue weighted by Crippen LogP contribution is 2.44. The first-order valence-electron chi connectivity index (χ1n) is 9.28. The average molecular weight is 366 g/mol. The molecule has 0 amide bonds. The first-order chi connectivity index (χ1) is 13.0. The lowest BCUT2D eigenvalue weighted by Crippen LogP contribution is -2.29. The number of hydrogen-bond donors (Lipinski definition) is 1. The predicted octanol–water partition coefficient (Wildman–Crippen LogP) is 3.42. The van der Waals surface area contributed by atoms with E-state index in [0.29, 0.717) is 0 Å². The van der Waals surface area contributed by atoms with E-state index in [2.05, 4.69) is 29.3 Å². The maximum absolute atomic E-state index is 12.3. The van der Waals surface area contributed by atoms with Crippen LogP contribution >= 0.6 is 0 Å². The van der Waals surface area contributed by atoms with Crippen molar-refractivity contribution in [1.29, 1.82) is 0 Å². The van der Waals surface area contributed by atoms with Crippen LogP contribution in [0.15, 0.2) is 53.5 Å². The highest BCUT2D eigenvalue weighted by atomic mass is 16.6. The minimum atomic E-state index is -0.963. The van der Waals surface area contributed by atoms with Gasteiger partial charge in [-0.3, -0.25) is 9.79 Å². The molecule has 0 fully saturated rings. The van der Waals surface area contributed by atoms with Gasteiger partial charge in [-0.2, -0.15) is 0 Å². The van der Waals surface area contributed by atoms with E-state index in [4.69, 9.17) is 9.84 Å². The van der Waals surface area contributed by atoms with Gasteiger partial charge in [-0.05, 0) is 28.2 Å². The van der Waals surface area contributed by atoms with Crippen LogP contribution in [0.25, 0.3) is 11.1 Å². The lowest BCUT2D eigenvalue weighted by molar-refractivity contribution is -0.251. The van der Waals surface area contributed by atoms with E-state index in [1.165, 1.54) is 0 Å². The van der Waals surface area contributed by atoms with E-state index in [0.717, 1.165) is 28.7 Å². The predicted molar refractivity (Wildman–Crippen MR) is 103 cm³/mol. The average Bonchev–Trinajstić information content (AvgIpc) is 2.99. The second-order valence-corrected chi connectivity index (χ2v) is 6.98. The van der Waals surface area contributed by atoms with Crippen molar-refractivity contribution in [2.45, 2.75) is 38.6 Å². The third-order valence-electron chi connectivity index (χ3n) is 5.29. The largest absolute Gasteiger partial charge is 0.599 e. The van der Waals surface area contributed by atoms with E-state index in [1.807, 2.05) is 38.1 Å². The quantitative estimate of drug-likeness (QED) is 0.601. The number of carboxylic acids is 1. The van der Waals surface area contributed by atoms with E-state index in [-0.39, 0.29) is 24.9 Å². The van der Waals surface area contributed by atoms with Crippen LogP contribution in [-0.2, 0) is 9.53 Å². The molecule has 0 saturated carbocycles. The van der Waals surface area contributed by atoms with E-state index in [1.54, 1.807) is 0 Å². The molecule has 1 aliphatic rings. The minimum absolute atomic E-state index is 0.00147. The second kappa shape index (κ2) is 8.25. The molecule has 0 radical (unpaired) electrons. The molecule has 1 aliphatic carbocycles. The second-order valence-electron chi connectivity index (χ2n) is 6.98. The first-order valence-corrected chi connectivity index (χ1v) is 9.28. The van der Waals surface area contributed by atoms with Crippen LogP contribution in [0, 0.1) is 5.92 Å². The standard InChI is InChI=1S/C22H25NO4/c1-3-14(2)20(12-21(24)25)23-22(26)27-13-19-17-10-6-4-8-15(17)16-9-5-7-11-18(16)19/h4-11,14,19-20H,3,12-13H2,1-2H3,(H,23,26)(H,24,25)/p-1/t14?,20-/m1/s1. The van der Waals surface area contributed by atoms with Crippen LogP contribution in [0.2, 0.25) is 0 Å². The normalized spacial score (nSPS) is 15.7. The van der Waals surface area contributed by atoms with Gasteiger partial charge in [0.25, 0.3) is 0 Å². The van der Waals surface area contributed by atoms with Crippen LogP contribution in [0.4, 0.5) is 0 Å². The summed E-state index contributed by atoms with van der Waals surface area (Å²) < 4.78 is 5.45. The summed E-state index contributed by atoms with van der Waals surface area (Å²) in [4.78, 5) is 15.1. The molecule has 2 atom stereocenters.